The maximum absolute atomic E-state index is 14.2. The van der Waals surface area contributed by atoms with Crippen LogP contribution < -0.4 is 10.5 Å². The topological polar surface area (TPSA) is 115 Å². The van der Waals surface area contributed by atoms with Crippen LogP contribution in [0.5, 0.6) is 0 Å². The number of nitrogens with one attached hydrogen (secondary N) is 1. The van der Waals surface area contributed by atoms with Gasteiger partial charge in [0.15, 0.2) is 15.7 Å². The fraction of sp³-hybridized carbons (Fsp3) is 0.500. The Balaban J connectivity index is 1.47. The Morgan fingerprint density at radius 1 is 1.21 bits per heavy atom. The second kappa shape index (κ2) is 6.35. The summed E-state index contributed by atoms with van der Waals surface area (Å²) in [6.07, 6.45) is 8.37. The zero-order valence-electron chi connectivity index (χ0n) is 15.3. The van der Waals surface area contributed by atoms with Crippen molar-refractivity contribution < 1.29 is 13.4 Å². The largest absolute Gasteiger partial charge is 0.354 e. The molecular formula is C18H21FN6O2S. The van der Waals surface area contributed by atoms with E-state index in [-0.39, 0.29) is 6.04 Å². The zero-order chi connectivity index (χ0) is 19.5. The first-order chi connectivity index (χ1) is 13.4. The van der Waals surface area contributed by atoms with Gasteiger partial charge in [0, 0.05) is 11.4 Å². The van der Waals surface area contributed by atoms with Crippen LogP contribution in [0.25, 0.3) is 0 Å². The number of nitrogens with zero attached hydrogens (tertiary/aromatic N) is 4. The Morgan fingerprint density at radius 3 is 2.46 bits per heavy atom. The molecule has 3 N–H and O–H groups in total. The molecule has 5 rings (SSSR count). The SMILES string of the molecule is N[S@@](=O)(=NC(=O)Nc1c2c(nc3c1CCC3)CCC2)c1nn(C2CC2)cc1F. The summed E-state index contributed by atoms with van der Waals surface area (Å²) in [7, 11) is -3.78. The van der Waals surface area contributed by atoms with E-state index in [0.29, 0.717) is 0 Å². The van der Waals surface area contributed by atoms with Crippen LogP contribution in [0.3, 0.4) is 0 Å². The maximum atomic E-state index is 14.2. The lowest BCUT2D eigenvalue weighted by Gasteiger charge is -2.14. The summed E-state index contributed by atoms with van der Waals surface area (Å²) in [5.74, 6) is -0.804. The second-order valence-corrected chi connectivity index (χ2v) is 9.33. The van der Waals surface area contributed by atoms with Crippen LogP contribution in [0.4, 0.5) is 14.9 Å². The van der Waals surface area contributed by atoms with Gasteiger partial charge in [0.25, 0.3) is 0 Å². The Kier molecular flexibility index (Phi) is 4.02. The molecule has 2 amide bonds. The predicted octanol–water partition coefficient (Wildman–Crippen LogP) is 2.66. The van der Waals surface area contributed by atoms with Crippen LogP contribution >= 0.6 is 0 Å². The van der Waals surface area contributed by atoms with Gasteiger partial charge in [-0.3, -0.25) is 9.67 Å². The summed E-state index contributed by atoms with van der Waals surface area (Å²) >= 11 is 0. The second-order valence-electron chi connectivity index (χ2n) is 7.63. The summed E-state index contributed by atoms with van der Waals surface area (Å²) in [6.45, 7) is 0. The molecule has 1 fully saturated rings. The molecule has 0 aromatic carbocycles. The predicted molar refractivity (Wildman–Crippen MR) is 101 cm³/mol. The smallest absolute Gasteiger partial charge is 0.305 e. The van der Waals surface area contributed by atoms with E-state index in [0.717, 1.165) is 85.8 Å². The molecule has 0 aliphatic heterocycles. The van der Waals surface area contributed by atoms with Gasteiger partial charge in [-0.1, -0.05) is 0 Å². The van der Waals surface area contributed by atoms with Crippen molar-refractivity contribution in [2.24, 2.45) is 9.50 Å². The van der Waals surface area contributed by atoms with Crippen molar-refractivity contribution in [2.75, 3.05) is 5.32 Å². The van der Waals surface area contributed by atoms with Gasteiger partial charge in [-0.15, -0.1) is 4.36 Å². The molecule has 3 aliphatic carbocycles. The molecule has 0 saturated heterocycles. The lowest BCUT2D eigenvalue weighted by Crippen LogP contribution is -2.20. The first kappa shape index (κ1) is 17.7. The van der Waals surface area contributed by atoms with Crippen LogP contribution in [-0.2, 0) is 35.6 Å². The van der Waals surface area contributed by atoms with Crippen LogP contribution in [0.15, 0.2) is 15.6 Å². The minimum atomic E-state index is -3.78. The van der Waals surface area contributed by atoms with Gasteiger partial charge in [0.1, 0.15) is 0 Å². The van der Waals surface area contributed by atoms with Gasteiger partial charge >= 0.3 is 6.03 Å². The van der Waals surface area contributed by atoms with Crippen LogP contribution in [-0.4, -0.2) is 25.0 Å². The third kappa shape index (κ3) is 3.00. The number of carbonyl (C=O) groups is 1. The zero-order valence-corrected chi connectivity index (χ0v) is 16.1. The summed E-state index contributed by atoms with van der Waals surface area (Å²) in [5.41, 5.74) is 4.80. The Morgan fingerprint density at radius 2 is 1.86 bits per heavy atom. The molecule has 8 nitrogen and oxygen atoms in total. The van der Waals surface area contributed by atoms with Crippen molar-refractivity contribution in [2.45, 2.75) is 62.4 Å². The Labute approximate surface area is 162 Å². The Bertz CT molecular complexity index is 1080. The first-order valence-electron chi connectivity index (χ1n) is 9.56. The average Bonchev–Trinajstić information content (AvgIpc) is 3.03. The average molecular weight is 404 g/mol. The molecule has 1 saturated carbocycles. The standard InChI is InChI=1S/C18H21FN6O2S/c19-13-9-25(10-7-8-10)23-17(13)28(20,27)24-18(26)22-16-11-3-1-5-14(11)21-15-6-2-4-12(15)16/h9-10H,1-8H2,(H3,20,21,22,24,26,27)/t28-/m1/s1. The molecule has 10 heteroatoms. The van der Waals surface area contributed by atoms with E-state index in [1.165, 1.54) is 4.68 Å². The number of amides is 2. The van der Waals surface area contributed by atoms with Crippen LogP contribution in [0, 0.1) is 5.82 Å². The van der Waals surface area contributed by atoms with Gasteiger partial charge < -0.3 is 5.32 Å². The molecule has 0 bridgehead atoms. The van der Waals surface area contributed by atoms with Crippen LogP contribution in [0.2, 0.25) is 0 Å². The summed E-state index contributed by atoms with van der Waals surface area (Å²) in [4.78, 5) is 17.3. The van der Waals surface area contributed by atoms with Gasteiger partial charge in [-0.25, -0.2) is 18.5 Å². The van der Waals surface area contributed by atoms with Gasteiger partial charge in [0.05, 0.1) is 17.9 Å². The molecule has 2 aromatic rings. The normalized spacial score (nSPS) is 19.8. The molecule has 0 unspecified atom stereocenters. The number of pyridine rings is 1. The van der Waals surface area contributed by atoms with E-state index in [1.54, 1.807) is 0 Å². The quantitative estimate of drug-likeness (QED) is 0.818. The molecule has 1 atom stereocenters. The van der Waals surface area contributed by atoms with Crippen molar-refractivity contribution in [1.82, 2.24) is 14.8 Å². The molecule has 2 aromatic heterocycles. The van der Waals surface area contributed by atoms with Gasteiger partial charge in [0.2, 0.25) is 5.03 Å². The number of hydrogen-bond acceptors (Lipinski definition) is 4. The molecule has 2 heterocycles. The number of nitrogens with two attached hydrogens (primary N) is 1. The number of urea groups is 1. The molecule has 3 aliphatic rings. The monoisotopic (exact) mass is 404 g/mol. The third-order valence-electron chi connectivity index (χ3n) is 5.56. The maximum Gasteiger partial charge on any atom is 0.354 e. The summed E-state index contributed by atoms with van der Waals surface area (Å²) in [5, 5.41) is 12.0. The lowest BCUT2D eigenvalue weighted by molar-refractivity contribution is 0.260. The lowest BCUT2D eigenvalue weighted by atomic mass is 10.1. The third-order valence-corrected chi connectivity index (χ3v) is 6.82. The van der Waals surface area contributed by atoms with Crippen molar-refractivity contribution in [3.05, 3.63) is 34.5 Å². The van der Waals surface area contributed by atoms with E-state index in [1.807, 2.05) is 0 Å². The molecule has 28 heavy (non-hydrogen) atoms. The highest BCUT2D eigenvalue weighted by Gasteiger charge is 2.30. The molecule has 148 valence electrons. The van der Waals surface area contributed by atoms with Crippen molar-refractivity contribution in [3.8, 4) is 0 Å². The minimum Gasteiger partial charge on any atom is -0.305 e. The minimum absolute atomic E-state index is 0.106. The first-order valence-corrected chi connectivity index (χ1v) is 11.1. The number of aromatic nitrogens is 3. The van der Waals surface area contributed by atoms with E-state index in [4.69, 9.17) is 10.1 Å². The highest BCUT2D eigenvalue weighted by Crippen LogP contribution is 2.37. The number of aryl methyl sites for hydroxylation is 2. The number of fused-ring (bicyclic) bond motifs is 2. The van der Waals surface area contributed by atoms with Crippen LogP contribution in [0.1, 0.15) is 54.2 Å². The number of anilines is 1. The summed E-state index contributed by atoms with van der Waals surface area (Å²) < 4.78 is 32.0. The number of carbonyl (C=O) groups excluding carboxylic acids is 1. The molecular weight excluding hydrogens is 383 g/mol. The van der Waals surface area contributed by atoms with Gasteiger partial charge in [-0.2, -0.15) is 5.10 Å². The highest BCUT2D eigenvalue weighted by atomic mass is 32.2. The Hall–Kier alpha value is -2.33. The van der Waals surface area contributed by atoms with Crippen molar-refractivity contribution in [3.63, 3.8) is 0 Å². The number of hydrogen-bond donors (Lipinski definition) is 2. The summed E-state index contributed by atoms with van der Waals surface area (Å²) in [6, 6.07) is -0.739. The van der Waals surface area contributed by atoms with Gasteiger partial charge in [-0.05, 0) is 62.5 Å². The van der Waals surface area contributed by atoms with E-state index in [9.17, 15) is 13.4 Å². The van der Waals surface area contributed by atoms with E-state index in [2.05, 4.69) is 14.8 Å². The van der Waals surface area contributed by atoms with E-state index >= 15 is 0 Å². The highest BCUT2D eigenvalue weighted by molar-refractivity contribution is 7.91. The fourth-order valence-electron chi connectivity index (χ4n) is 4.11. The van der Waals surface area contributed by atoms with E-state index < -0.39 is 26.8 Å². The molecule has 0 radical (unpaired) electrons. The molecule has 0 spiro atoms. The van der Waals surface area contributed by atoms with Crippen molar-refractivity contribution >= 4 is 21.6 Å². The van der Waals surface area contributed by atoms with Crippen molar-refractivity contribution in [1.29, 1.82) is 0 Å². The number of halogens is 1. The number of rotatable bonds is 3. The fourth-order valence-corrected chi connectivity index (χ4v) is 5.03.